The molecule has 0 atom stereocenters. The van der Waals surface area contributed by atoms with Gasteiger partial charge in [-0.3, -0.25) is 35.1 Å². The molecule has 0 fully saturated rings. The summed E-state index contributed by atoms with van der Waals surface area (Å²) in [6.45, 7) is 0. The maximum absolute atomic E-state index is 10.1. The van der Waals surface area contributed by atoms with E-state index < -0.39 is 9.85 Å². The van der Waals surface area contributed by atoms with Crippen LogP contribution in [0.15, 0.2) is 36.4 Å². The Hall–Kier alpha value is -3.10. The van der Waals surface area contributed by atoms with Crippen molar-refractivity contribution in [1.29, 1.82) is 0 Å². The first kappa shape index (κ1) is 14.0. The minimum absolute atomic E-state index is 0.152. The van der Waals surface area contributed by atoms with Crippen LogP contribution >= 0.6 is 0 Å². The van der Waals surface area contributed by atoms with Gasteiger partial charge in [-0.1, -0.05) is 0 Å². The van der Waals surface area contributed by atoms with E-state index in [9.17, 15) is 29.8 Å². The molecule has 0 saturated heterocycles. The molecule has 1 aliphatic rings. The molecule has 0 aromatic heterocycles. The van der Waals surface area contributed by atoms with Gasteiger partial charge >= 0.3 is 0 Å². The van der Waals surface area contributed by atoms with E-state index in [2.05, 4.69) is 0 Å². The van der Waals surface area contributed by atoms with Gasteiger partial charge in [0, 0.05) is 36.4 Å². The van der Waals surface area contributed by atoms with E-state index in [1.165, 1.54) is 12.2 Å². The Morgan fingerprint density at radius 2 is 1.11 bits per heavy atom. The average Bonchev–Trinajstić information content (AvgIpc) is 2.74. The quantitative estimate of drug-likeness (QED) is 0.475. The van der Waals surface area contributed by atoms with Crippen LogP contribution < -0.4 is 5.32 Å². The topological polar surface area (TPSA) is 132 Å². The molecule has 1 aromatic rings. The number of imide groups is 1. The predicted molar refractivity (Wildman–Crippen MR) is 62.0 cm³/mol. The molecular formula is C10H7N3O6. The molecule has 1 aliphatic heterocycles. The lowest BCUT2D eigenvalue weighted by molar-refractivity contribution is -0.389. The van der Waals surface area contributed by atoms with E-state index in [0.29, 0.717) is 0 Å². The number of non-ortho nitro benzene ring substituents is 2. The average molecular weight is 265 g/mol. The van der Waals surface area contributed by atoms with Gasteiger partial charge in [0.1, 0.15) is 0 Å². The highest BCUT2D eigenvalue weighted by Crippen LogP contribution is 2.16. The van der Waals surface area contributed by atoms with Crippen molar-refractivity contribution in [2.24, 2.45) is 0 Å². The van der Waals surface area contributed by atoms with Gasteiger partial charge in [0.05, 0.1) is 9.85 Å². The molecule has 9 heteroatoms. The maximum atomic E-state index is 10.1. The fourth-order valence-electron chi connectivity index (χ4n) is 1.05. The Morgan fingerprint density at radius 3 is 1.26 bits per heavy atom. The van der Waals surface area contributed by atoms with E-state index in [4.69, 9.17) is 0 Å². The van der Waals surface area contributed by atoms with Crippen molar-refractivity contribution in [2.45, 2.75) is 0 Å². The Labute approximate surface area is 105 Å². The van der Waals surface area contributed by atoms with Crippen LogP contribution in [0.2, 0.25) is 0 Å². The van der Waals surface area contributed by atoms with Gasteiger partial charge in [-0.25, -0.2) is 0 Å². The number of nitro benzene ring substituents is 2. The van der Waals surface area contributed by atoms with Gasteiger partial charge in [0.2, 0.25) is 0 Å². The minimum atomic E-state index is -0.607. The molecular weight excluding hydrogens is 258 g/mol. The smallest absolute Gasteiger partial charge is 0.269 e. The van der Waals surface area contributed by atoms with Gasteiger partial charge in [-0.2, -0.15) is 0 Å². The molecule has 9 nitrogen and oxygen atoms in total. The lowest BCUT2D eigenvalue weighted by Crippen LogP contribution is -2.19. The summed E-state index contributed by atoms with van der Waals surface area (Å²) >= 11 is 0. The van der Waals surface area contributed by atoms with Crippen molar-refractivity contribution in [3.8, 4) is 0 Å². The Kier molecular flexibility index (Phi) is 4.41. The lowest BCUT2D eigenvalue weighted by atomic mass is 10.3. The van der Waals surface area contributed by atoms with Crippen LogP contribution in [0.3, 0.4) is 0 Å². The molecule has 1 heterocycles. The van der Waals surface area contributed by atoms with Crippen molar-refractivity contribution in [3.05, 3.63) is 56.6 Å². The van der Waals surface area contributed by atoms with Crippen LogP contribution in [0.1, 0.15) is 0 Å². The molecule has 0 bridgehead atoms. The van der Waals surface area contributed by atoms with Crippen LogP contribution in [0.25, 0.3) is 0 Å². The molecule has 0 unspecified atom stereocenters. The fourth-order valence-corrected chi connectivity index (χ4v) is 1.05. The number of benzene rings is 1. The molecule has 2 rings (SSSR count). The van der Waals surface area contributed by atoms with E-state index >= 15 is 0 Å². The third-order valence-electron chi connectivity index (χ3n) is 1.90. The number of nitrogens with zero attached hydrogens (tertiary/aromatic N) is 2. The first-order valence-electron chi connectivity index (χ1n) is 4.82. The summed E-state index contributed by atoms with van der Waals surface area (Å²) < 4.78 is 0. The first-order chi connectivity index (χ1) is 8.90. The summed E-state index contributed by atoms with van der Waals surface area (Å²) in [4.78, 5) is 39.1. The molecule has 1 aromatic carbocycles. The maximum Gasteiger partial charge on any atom is 0.269 e. The van der Waals surface area contributed by atoms with E-state index in [1.807, 2.05) is 5.32 Å². The molecule has 19 heavy (non-hydrogen) atoms. The van der Waals surface area contributed by atoms with Crippen LogP contribution in [0, 0.1) is 20.2 Å². The summed E-state index contributed by atoms with van der Waals surface area (Å²) in [5.41, 5.74) is -0.304. The Bertz CT molecular complexity index is 514. The van der Waals surface area contributed by atoms with Crippen molar-refractivity contribution < 1.29 is 19.4 Å². The van der Waals surface area contributed by atoms with Crippen molar-refractivity contribution in [3.63, 3.8) is 0 Å². The summed E-state index contributed by atoms with van der Waals surface area (Å²) in [5.74, 6) is -0.657. The molecule has 2 amide bonds. The SMILES string of the molecule is O=C1C=CC(=O)N1.O=[N+]([O-])c1ccc([N+](=O)[O-])cc1. The second-order valence-electron chi connectivity index (χ2n) is 3.22. The highest BCUT2D eigenvalue weighted by atomic mass is 16.6. The molecule has 98 valence electrons. The Balaban J connectivity index is 0.000000218. The van der Waals surface area contributed by atoms with Crippen molar-refractivity contribution in [2.75, 3.05) is 0 Å². The van der Waals surface area contributed by atoms with Crippen LogP contribution in [0.5, 0.6) is 0 Å². The number of nitro groups is 2. The predicted octanol–water partition coefficient (Wildman–Crippen LogP) is 0.702. The number of amides is 2. The summed E-state index contributed by atoms with van der Waals surface area (Å²) in [5, 5.41) is 22.3. The number of rotatable bonds is 2. The lowest BCUT2D eigenvalue weighted by Gasteiger charge is -1.90. The third kappa shape index (κ3) is 4.34. The van der Waals surface area contributed by atoms with Gasteiger partial charge in [-0.15, -0.1) is 0 Å². The summed E-state index contributed by atoms with van der Waals surface area (Å²) in [6, 6.07) is 4.38. The summed E-state index contributed by atoms with van der Waals surface area (Å²) in [7, 11) is 0. The summed E-state index contributed by atoms with van der Waals surface area (Å²) in [6.07, 6.45) is 2.39. The molecule has 1 N–H and O–H groups in total. The second kappa shape index (κ2) is 6.00. The fraction of sp³-hybridized carbons (Fsp3) is 0. The molecule has 0 saturated carbocycles. The third-order valence-corrected chi connectivity index (χ3v) is 1.90. The second-order valence-corrected chi connectivity index (χ2v) is 3.22. The van der Waals surface area contributed by atoms with Crippen molar-refractivity contribution in [1.82, 2.24) is 5.32 Å². The number of hydrogen-bond acceptors (Lipinski definition) is 6. The zero-order valence-corrected chi connectivity index (χ0v) is 9.31. The number of hydrogen-bond donors (Lipinski definition) is 1. The Morgan fingerprint density at radius 1 is 0.789 bits per heavy atom. The van der Waals surface area contributed by atoms with Crippen molar-refractivity contribution >= 4 is 23.2 Å². The molecule has 0 radical (unpaired) electrons. The van der Waals surface area contributed by atoms with Crippen LogP contribution in [-0.4, -0.2) is 21.7 Å². The first-order valence-corrected chi connectivity index (χ1v) is 4.82. The van der Waals surface area contributed by atoms with E-state index in [0.717, 1.165) is 24.3 Å². The zero-order valence-electron chi connectivity index (χ0n) is 9.31. The van der Waals surface area contributed by atoms with E-state index in [-0.39, 0.29) is 23.2 Å². The number of carbonyl (C=O) groups excluding carboxylic acids is 2. The number of carbonyl (C=O) groups is 2. The van der Waals surface area contributed by atoms with E-state index in [1.54, 1.807) is 0 Å². The molecule has 0 spiro atoms. The normalized spacial score (nSPS) is 12.4. The molecule has 0 aliphatic carbocycles. The monoisotopic (exact) mass is 265 g/mol. The van der Waals surface area contributed by atoms with Crippen LogP contribution in [-0.2, 0) is 9.59 Å². The highest BCUT2D eigenvalue weighted by molar-refractivity contribution is 6.12. The largest absolute Gasteiger partial charge is 0.289 e. The van der Waals surface area contributed by atoms with Gasteiger partial charge in [0.15, 0.2) is 0 Å². The highest BCUT2D eigenvalue weighted by Gasteiger charge is 2.09. The standard InChI is InChI=1S/C6H4N2O4.C4H3NO2/c9-7(10)5-1-2-6(4-3-5)8(11)12;6-3-1-2-4(7)5-3/h1-4H;1-2H,(H,5,6,7). The zero-order chi connectivity index (χ0) is 14.4. The van der Waals surface area contributed by atoms with Crippen LogP contribution in [0.4, 0.5) is 11.4 Å². The van der Waals surface area contributed by atoms with Gasteiger partial charge in [0.25, 0.3) is 23.2 Å². The number of nitrogens with one attached hydrogen (secondary N) is 1. The van der Waals surface area contributed by atoms with Gasteiger partial charge < -0.3 is 0 Å². The minimum Gasteiger partial charge on any atom is -0.289 e. The van der Waals surface area contributed by atoms with Gasteiger partial charge in [-0.05, 0) is 0 Å².